The molecule has 3 rings (SSSR count). The first-order valence-electron chi connectivity index (χ1n) is 11.2. The van der Waals surface area contributed by atoms with Crippen LogP contribution in [0.2, 0.25) is 5.02 Å². The van der Waals surface area contributed by atoms with Gasteiger partial charge in [-0.05, 0) is 50.9 Å². The zero-order valence-electron chi connectivity index (χ0n) is 21.3. The topological polar surface area (TPSA) is 111 Å². The summed E-state index contributed by atoms with van der Waals surface area (Å²) in [5.41, 5.74) is 2.72. The number of guanidine groups is 1. The number of aryl methyl sites for hydroxylation is 1. The molecule has 0 saturated carbocycles. The van der Waals surface area contributed by atoms with E-state index in [1.807, 2.05) is 35.9 Å². The molecular weight excluding hydrogens is 496 g/mol. The van der Waals surface area contributed by atoms with Crippen LogP contribution in [0.1, 0.15) is 23.0 Å². The summed E-state index contributed by atoms with van der Waals surface area (Å²) in [6.07, 6.45) is 3.63. The highest BCUT2D eigenvalue weighted by atomic mass is 35.5. The minimum atomic E-state index is -0.303. The number of imidazole rings is 1. The van der Waals surface area contributed by atoms with Gasteiger partial charge in [0.05, 0.1) is 37.0 Å². The van der Waals surface area contributed by atoms with E-state index in [0.29, 0.717) is 39.4 Å². The van der Waals surface area contributed by atoms with E-state index in [1.165, 1.54) is 7.11 Å². The number of benzene rings is 2. The van der Waals surface area contributed by atoms with Crippen LogP contribution in [0.4, 0.5) is 5.69 Å². The van der Waals surface area contributed by atoms with Crippen LogP contribution >= 0.6 is 11.6 Å². The van der Waals surface area contributed by atoms with Gasteiger partial charge in [0, 0.05) is 30.6 Å². The number of carbonyl (C=O) groups excluding carboxylic acids is 1. The van der Waals surface area contributed by atoms with E-state index in [2.05, 4.69) is 32.3 Å². The van der Waals surface area contributed by atoms with E-state index in [1.54, 1.807) is 45.6 Å². The van der Waals surface area contributed by atoms with Crippen molar-refractivity contribution in [2.45, 2.75) is 13.8 Å². The number of hydrogen-bond acceptors (Lipinski definition) is 7. The quantitative estimate of drug-likeness (QED) is 0.172. The molecule has 0 radical (unpaired) electrons. The SMILES string of the molecule is C=NC(=N/C(NC)=C(\C)OCC(=O)c1cc(OC)ccc1Cl)Nc1ccc(-n2cnc(C)c2)c(OC)c1. The molecule has 1 heterocycles. The summed E-state index contributed by atoms with van der Waals surface area (Å²) in [4.78, 5) is 25.3. The van der Waals surface area contributed by atoms with Gasteiger partial charge in [-0.15, -0.1) is 0 Å². The Hall–Kier alpha value is -4.31. The number of halogens is 1. The number of hydrogen-bond donors (Lipinski definition) is 2. The van der Waals surface area contributed by atoms with Gasteiger partial charge in [-0.2, -0.15) is 4.99 Å². The first-order chi connectivity index (χ1) is 17.8. The summed E-state index contributed by atoms with van der Waals surface area (Å²) in [7, 11) is 4.79. The van der Waals surface area contributed by atoms with Crippen molar-refractivity contribution in [3.8, 4) is 17.2 Å². The van der Waals surface area contributed by atoms with E-state index < -0.39 is 0 Å². The number of rotatable bonds is 10. The van der Waals surface area contributed by atoms with E-state index in [4.69, 9.17) is 25.8 Å². The van der Waals surface area contributed by atoms with Crippen LogP contribution in [0, 0.1) is 6.92 Å². The number of allylic oxidation sites excluding steroid dienone is 1. The summed E-state index contributed by atoms with van der Waals surface area (Å²) in [6.45, 7) is 6.95. The zero-order valence-corrected chi connectivity index (χ0v) is 22.1. The second-order valence-corrected chi connectivity index (χ2v) is 8.15. The lowest BCUT2D eigenvalue weighted by Gasteiger charge is -2.14. The van der Waals surface area contributed by atoms with Crippen molar-refractivity contribution in [3.05, 3.63) is 76.8 Å². The molecule has 0 bridgehead atoms. The highest BCUT2D eigenvalue weighted by molar-refractivity contribution is 6.34. The van der Waals surface area contributed by atoms with Crippen LogP contribution in [0.5, 0.6) is 11.5 Å². The first-order valence-corrected chi connectivity index (χ1v) is 11.6. The average Bonchev–Trinajstić information content (AvgIpc) is 3.35. The predicted octanol–water partition coefficient (Wildman–Crippen LogP) is 4.63. The molecule has 0 spiro atoms. The Bertz CT molecular complexity index is 1350. The molecule has 37 heavy (non-hydrogen) atoms. The Balaban J connectivity index is 1.76. The summed E-state index contributed by atoms with van der Waals surface area (Å²) < 4.78 is 18.3. The Morgan fingerprint density at radius 2 is 1.97 bits per heavy atom. The van der Waals surface area contributed by atoms with Crippen molar-refractivity contribution in [1.29, 1.82) is 0 Å². The fourth-order valence-electron chi connectivity index (χ4n) is 3.34. The highest BCUT2D eigenvalue weighted by Gasteiger charge is 2.14. The maximum atomic E-state index is 12.7. The van der Waals surface area contributed by atoms with Gasteiger partial charge in [0.25, 0.3) is 0 Å². The molecule has 3 aromatic rings. The second kappa shape index (κ2) is 12.6. The summed E-state index contributed by atoms with van der Waals surface area (Å²) in [5, 5.41) is 6.37. The second-order valence-electron chi connectivity index (χ2n) is 7.74. The predicted molar refractivity (Wildman–Crippen MR) is 146 cm³/mol. The molecule has 194 valence electrons. The lowest BCUT2D eigenvalue weighted by molar-refractivity contribution is 0.0859. The highest BCUT2D eigenvalue weighted by Crippen LogP contribution is 2.27. The molecule has 2 N–H and O–H groups in total. The molecule has 2 aromatic carbocycles. The lowest BCUT2D eigenvalue weighted by Crippen LogP contribution is -2.16. The number of nitrogens with one attached hydrogen (secondary N) is 2. The number of methoxy groups -OCH3 is 2. The fraction of sp³-hybridized carbons (Fsp3) is 0.231. The Morgan fingerprint density at radius 1 is 1.19 bits per heavy atom. The van der Waals surface area contributed by atoms with E-state index in [0.717, 1.165) is 11.4 Å². The molecule has 0 amide bonds. The molecule has 0 aliphatic carbocycles. The number of aliphatic imine (C=N–C) groups is 2. The standard InChI is InChI=1S/C26H29ClN6O4/c1-16-13-33(15-30-16)22-10-7-18(11-24(22)36-6)31-26(29-4)32-25(28-3)17(2)37-14-23(34)20-12-19(35-5)8-9-21(20)27/h7-13,15,28H,4,14H2,1-3,5-6H3,(H,31,32)/b25-17+. The van der Waals surface area contributed by atoms with E-state index in [9.17, 15) is 4.79 Å². The largest absolute Gasteiger partial charge is 0.497 e. The molecule has 10 nitrogen and oxygen atoms in total. The maximum absolute atomic E-state index is 12.7. The van der Waals surface area contributed by atoms with Crippen LogP contribution < -0.4 is 20.1 Å². The van der Waals surface area contributed by atoms with Crippen LogP contribution in [-0.2, 0) is 4.74 Å². The van der Waals surface area contributed by atoms with Gasteiger partial charge in [-0.3, -0.25) is 4.79 Å². The number of carbonyl (C=O) groups is 1. The zero-order chi connectivity index (χ0) is 26.9. The number of anilines is 1. The Morgan fingerprint density at radius 3 is 2.59 bits per heavy atom. The number of aromatic nitrogens is 2. The van der Waals surface area contributed by atoms with Crippen molar-refractivity contribution < 1.29 is 19.0 Å². The van der Waals surface area contributed by atoms with Gasteiger partial charge >= 0.3 is 0 Å². The molecule has 0 atom stereocenters. The fourth-order valence-corrected chi connectivity index (χ4v) is 3.56. The number of nitrogens with zero attached hydrogens (tertiary/aromatic N) is 4. The van der Waals surface area contributed by atoms with Crippen molar-refractivity contribution in [2.24, 2.45) is 9.98 Å². The van der Waals surface area contributed by atoms with Crippen molar-refractivity contribution >= 4 is 35.7 Å². The van der Waals surface area contributed by atoms with Crippen molar-refractivity contribution in [3.63, 3.8) is 0 Å². The van der Waals surface area contributed by atoms with Crippen LogP contribution in [0.3, 0.4) is 0 Å². The van der Waals surface area contributed by atoms with E-state index >= 15 is 0 Å². The third-order valence-electron chi connectivity index (χ3n) is 5.26. The maximum Gasteiger partial charge on any atom is 0.228 e. The van der Waals surface area contributed by atoms with Gasteiger partial charge in [-0.25, -0.2) is 9.98 Å². The summed E-state index contributed by atoms with van der Waals surface area (Å²) in [6, 6.07) is 10.4. The van der Waals surface area contributed by atoms with Crippen molar-refractivity contribution in [1.82, 2.24) is 14.9 Å². The molecule has 0 fully saturated rings. The normalized spacial score (nSPS) is 11.9. The molecule has 0 aliphatic heterocycles. The summed E-state index contributed by atoms with van der Waals surface area (Å²) >= 11 is 6.17. The molecule has 0 unspecified atom stereocenters. The lowest BCUT2D eigenvalue weighted by atomic mass is 10.1. The third-order valence-corrected chi connectivity index (χ3v) is 5.59. The molecule has 11 heteroatoms. The minimum absolute atomic E-state index is 0.211. The average molecular weight is 525 g/mol. The van der Waals surface area contributed by atoms with Crippen molar-refractivity contribution in [2.75, 3.05) is 33.2 Å². The molecule has 0 saturated heterocycles. The Labute approximate surface area is 220 Å². The smallest absolute Gasteiger partial charge is 0.228 e. The van der Waals surface area contributed by atoms with Gasteiger partial charge in [0.2, 0.25) is 11.7 Å². The van der Waals surface area contributed by atoms with E-state index in [-0.39, 0.29) is 18.3 Å². The molecular formula is C26H29ClN6O4. The van der Waals surface area contributed by atoms with Gasteiger partial charge in [0.1, 0.15) is 17.3 Å². The number of ether oxygens (including phenoxy) is 3. The van der Waals surface area contributed by atoms with Crippen LogP contribution in [-0.4, -0.2) is 55.9 Å². The molecule has 0 aliphatic rings. The molecule has 1 aromatic heterocycles. The van der Waals surface area contributed by atoms with Crippen LogP contribution in [0.15, 0.2) is 70.5 Å². The third kappa shape index (κ3) is 6.89. The summed E-state index contributed by atoms with van der Waals surface area (Å²) in [5.74, 6) is 1.80. The van der Waals surface area contributed by atoms with Crippen LogP contribution in [0.25, 0.3) is 5.69 Å². The van der Waals surface area contributed by atoms with Gasteiger partial charge in [0.15, 0.2) is 12.4 Å². The number of ketones is 1. The number of Topliss-reactive ketones (excluding diaryl/α,β-unsaturated/α-hetero) is 1. The monoisotopic (exact) mass is 524 g/mol. The van der Waals surface area contributed by atoms with Gasteiger partial charge < -0.3 is 29.4 Å². The first kappa shape index (κ1) is 27.3. The Kier molecular flexibility index (Phi) is 9.28. The van der Waals surface area contributed by atoms with Gasteiger partial charge in [-0.1, -0.05) is 11.6 Å². The minimum Gasteiger partial charge on any atom is -0.497 e.